The second kappa shape index (κ2) is 12.5. The molecule has 174 valence electrons. The highest BCUT2D eigenvalue weighted by molar-refractivity contribution is 7.87. The van der Waals surface area contributed by atoms with E-state index in [9.17, 15) is 21.6 Å². The second-order valence-electron chi connectivity index (χ2n) is 6.70. The predicted octanol–water partition coefficient (Wildman–Crippen LogP) is 4.18. The Kier molecular flexibility index (Phi) is 11.1. The lowest BCUT2D eigenvalue weighted by Crippen LogP contribution is -2.26. The first kappa shape index (κ1) is 26.6. The lowest BCUT2D eigenvalue weighted by atomic mass is 9.88. The van der Waals surface area contributed by atoms with Crippen molar-refractivity contribution in [1.82, 2.24) is 0 Å². The molecule has 11 heteroatoms. The first-order valence-electron chi connectivity index (χ1n) is 9.24. The quantitative estimate of drug-likeness (QED) is 0.135. The van der Waals surface area contributed by atoms with Gasteiger partial charge in [-0.1, -0.05) is 11.6 Å². The number of hydrogen-bond donors (Lipinski definition) is 0. The maximum Gasteiger partial charge on any atom is 0.534 e. The summed E-state index contributed by atoms with van der Waals surface area (Å²) in [6.45, 7) is 3.57. The highest BCUT2D eigenvalue weighted by atomic mass is 32.2. The fourth-order valence-electron chi connectivity index (χ4n) is 2.90. The van der Waals surface area contributed by atoms with Crippen LogP contribution in [0.2, 0.25) is 0 Å². The van der Waals surface area contributed by atoms with E-state index >= 15 is 0 Å². The van der Waals surface area contributed by atoms with Crippen LogP contribution in [-0.2, 0) is 33.2 Å². The molecule has 0 spiro atoms. The molecule has 30 heavy (non-hydrogen) atoms. The van der Waals surface area contributed by atoms with Crippen molar-refractivity contribution in [2.45, 2.75) is 45.0 Å². The largest absolute Gasteiger partial charge is 0.534 e. The molecule has 1 rings (SSSR count). The van der Waals surface area contributed by atoms with Gasteiger partial charge < -0.3 is 23.1 Å². The Balaban J connectivity index is 3.07. The summed E-state index contributed by atoms with van der Waals surface area (Å²) < 4.78 is 86.2. The standard InChI is InChI=1S/C19H29F3O7S/c1-14-6-5-7-16(11-28-13-26-4)17(14)8-9-18(15(2)10-27-12-25-3)29-30(23,24)19(20,21)22/h6H,5,7-13H2,1-4H3/b18-15-. The topological polar surface area (TPSA) is 80.3 Å². The van der Waals surface area contributed by atoms with Gasteiger partial charge in [0.1, 0.15) is 19.3 Å². The van der Waals surface area contributed by atoms with Gasteiger partial charge in [0.05, 0.1) is 13.2 Å². The third-order valence-corrected chi connectivity index (χ3v) is 5.36. The Bertz CT molecular complexity index is 753. The minimum atomic E-state index is -5.79. The number of rotatable bonds is 13. The summed E-state index contributed by atoms with van der Waals surface area (Å²) in [7, 11) is -2.89. The molecule has 0 aliphatic heterocycles. The number of alkyl halides is 3. The first-order chi connectivity index (χ1) is 14.0. The fraction of sp³-hybridized carbons (Fsp3) is 0.684. The lowest BCUT2D eigenvalue weighted by Gasteiger charge is -2.22. The van der Waals surface area contributed by atoms with Crippen LogP contribution in [0.5, 0.6) is 0 Å². The van der Waals surface area contributed by atoms with Gasteiger partial charge in [0.15, 0.2) is 0 Å². The van der Waals surface area contributed by atoms with E-state index in [-0.39, 0.29) is 37.9 Å². The van der Waals surface area contributed by atoms with Gasteiger partial charge in [-0.15, -0.1) is 0 Å². The molecule has 1 aliphatic carbocycles. The average Bonchev–Trinajstić information content (AvgIpc) is 2.65. The zero-order valence-electron chi connectivity index (χ0n) is 17.6. The van der Waals surface area contributed by atoms with Crippen LogP contribution < -0.4 is 0 Å². The smallest absolute Gasteiger partial charge is 0.381 e. The minimum Gasteiger partial charge on any atom is -0.381 e. The Morgan fingerprint density at radius 2 is 1.77 bits per heavy atom. The molecule has 0 atom stereocenters. The molecular formula is C19H29F3O7S. The SMILES string of the molecule is COCOCC1=C(CC/C(OS(=O)(=O)C(F)(F)F)=C(\C)COCOC)C(C)=CCC1. The van der Waals surface area contributed by atoms with Crippen LogP contribution in [-0.4, -0.2) is 54.9 Å². The van der Waals surface area contributed by atoms with E-state index in [1.807, 2.05) is 13.0 Å². The van der Waals surface area contributed by atoms with E-state index in [0.717, 1.165) is 29.6 Å². The van der Waals surface area contributed by atoms with Crippen LogP contribution >= 0.6 is 0 Å². The van der Waals surface area contributed by atoms with Crippen molar-refractivity contribution < 1.29 is 44.7 Å². The van der Waals surface area contributed by atoms with Crippen molar-refractivity contribution in [2.75, 3.05) is 41.0 Å². The Hall–Kier alpha value is -1.40. The van der Waals surface area contributed by atoms with Gasteiger partial charge in [-0.05, 0) is 49.8 Å². The molecule has 0 unspecified atom stereocenters. The molecule has 0 N–H and O–H groups in total. The summed E-state index contributed by atoms with van der Waals surface area (Å²) in [5.74, 6) is -0.300. The van der Waals surface area contributed by atoms with Gasteiger partial charge in [-0.25, -0.2) is 0 Å². The summed E-state index contributed by atoms with van der Waals surface area (Å²) in [4.78, 5) is 0. The highest BCUT2D eigenvalue weighted by Crippen LogP contribution is 2.33. The molecule has 7 nitrogen and oxygen atoms in total. The van der Waals surface area contributed by atoms with E-state index in [4.69, 9.17) is 18.9 Å². The molecule has 0 saturated heterocycles. The fourth-order valence-corrected chi connectivity index (χ4v) is 3.49. The van der Waals surface area contributed by atoms with Crippen molar-refractivity contribution in [3.8, 4) is 0 Å². The number of halogens is 3. The average molecular weight is 458 g/mol. The van der Waals surface area contributed by atoms with Gasteiger partial charge in [-0.2, -0.15) is 21.6 Å². The monoisotopic (exact) mass is 458 g/mol. The van der Waals surface area contributed by atoms with Crippen LogP contribution in [0.15, 0.2) is 34.1 Å². The number of methoxy groups -OCH3 is 2. The summed E-state index contributed by atoms with van der Waals surface area (Å²) in [6.07, 6.45) is 3.84. The van der Waals surface area contributed by atoms with Crippen LogP contribution in [0.3, 0.4) is 0 Å². The molecule has 0 fully saturated rings. The number of hydrogen-bond acceptors (Lipinski definition) is 7. The second-order valence-corrected chi connectivity index (χ2v) is 8.24. The normalized spacial score (nSPS) is 16.4. The van der Waals surface area contributed by atoms with Crippen LogP contribution in [0.25, 0.3) is 0 Å². The van der Waals surface area contributed by atoms with Crippen molar-refractivity contribution in [3.05, 3.63) is 34.1 Å². The van der Waals surface area contributed by atoms with Gasteiger partial charge >= 0.3 is 15.6 Å². The van der Waals surface area contributed by atoms with Crippen LogP contribution in [0.1, 0.15) is 39.5 Å². The molecule has 0 radical (unpaired) electrons. The summed E-state index contributed by atoms with van der Waals surface area (Å²) in [5.41, 5.74) is -2.41. The van der Waals surface area contributed by atoms with Gasteiger partial charge in [0.25, 0.3) is 0 Å². The molecular weight excluding hydrogens is 429 g/mol. The Morgan fingerprint density at radius 3 is 2.37 bits per heavy atom. The van der Waals surface area contributed by atoms with E-state index in [1.54, 1.807) is 0 Å². The predicted molar refractivity (Wildman–Crippen MR) is 104 cm³/mol. The molecule has 0 bridgehead atoms. The van der Waals surface area contributed by atoms with E-state index in [2.05, 4.69) is 4.18 Å². The molecule has 0 aromatic rings. The van der Waals surface area contributed by atoms with Crippen LogP contribution in [0, 0.1) is 0 Å². The highest BCUT2D eigenvalue weighted by Gasteiger charge is 2.49. The summed E-state index contributed by atoms with van der Waals surface area (Å²) in [6, 6.07) is 0. The van der Waals surface area contributed by atoms with Crippen molar-refractivity contribution in [3.63, 3.8) is 0 Å². The van der Waals surface area contributed by atoms with Crippen molar-refractivity contribution >= 4 is 10.1 Å². The third kappa shape index (κ3) is 8.38. The van der Waals surface area contributed by atoms with Crippen molar-refractivity contribution in [2.24, 2.45) is 0 Å². The van der Waals surface area contributed by atoms with E-state index in [1.165, 1.54) is 21.1 Å². The first-order valence-corrected chi connectivity index (χ1v) is 10.6. The molecule has 1 aliphatic rings. The van der Waals surface area contributed by atoms with Gasteiger partial charge in [0, 0.05) is 20.6 Å². The van der Waals surface area contributed by atoms with E-state index < -0.39 is 15.6 Å². The molecule has 0 aromatic heterocycles. The van der Waals surface area contributed by atoms with E-state index in [0.29, 0.717) is 13.0 Å². The van der Waals surface area contributed by atoms with Crippen LogP contribution in [0.4, 0.5) is 13.2 Å². The summed E-state index contributed by atoms with van der Waals surface area (Å²) >= 11 is 0. The maximum absolute atomic E-state index is 12.8. The number of allylic oxidation sites excluding steroid dienone is 4. The number of ether oxygens (including phenoxy) is 4. The molecule has 0 heterocycles. The third-order valence-electron chi connectivity index (χ3n) is 4.37. The minimum absolute atomic E-state index is 0.0498. The zero-order chi connectivity index (χ0) is 22.8. The van der Waals surface area contributed by atoms with Gasteiger partial charge in [-0.3, -0.25) is 0 Å². The zero-order valence-corrected chi connectivity index (χ0v) is 18.5. The van der Waals surface area contributed by atoms with Crippen molar-refractivity contribution in [1.29, 1.82) is 0 Å². The Morgan fingerprint density at radius 1 is 1.13 bits per heavy atom. The molecule has 0 saturated carbocycles. The Labute approximate surface area is 175 Å². The maximum atomic E-state index is 12.8. The molecule has 0 aromatic carbocycles. The molecule has 0 amide bonds. The van der Waals surface area contributed by atoms with Gasteiger partial charge in [0.2, 0.25) is 0 Å². The summed E-state index contributed by atoms with van der Waals surface area (Å²) in [5, 5.41) is 0. The lowest BCUT2D eigenvalue weighted by molar-refractivity contribution is -0.0526.